The average molecular weight is 232 g/mol. The third-order valence-electron chi connectivity index (χ3n) is 3.57. The SMILES string of the molecule is CCC(C)(C)c1ccc2cc(O)c(F)cc2c1. The van der Waals surface area contributed by atoms with Gasteiger partial charge in [0.2, 0.25) is 0 Å². The Balaban J connectivity index is 2.62. The van der Waals surface area contributed by atoms with Crippen molar-refractivity contribution < 1.29 is 9.50 Å². The molecule has 0 aliphatic rings. The molecule has 0 saturated carbocycles. The van der Waals surface area contributed by atoms with Crippen LogP contribution < -0.4 is 0 Å². The van der Waals surface area contributed by atoms with Gasteiger partial charge in [-0.2, -0.15) is 0 Å². The Morgan fingerprint density at radius 2 is 1.82 bits per heavy atom. The Bertz CT molecular complexity index is 558. The minimum atomic E-state index is -0.566. The van der Waals surface area contributed by atoms with Gasteiger partial charge in [0.05, 0.1) is 0 Å². The fourth-order valence-electron chi connectivity index (χ4n) is 1.88. The van der Waals surface area contributed by atoms with Crippen LogP contribution in [0.5, 0.6) is 5.75 Å². The molecule has 0 bridgehead atoms. The zero-order chi connectivity index (χ0) is 12.6. The summed E-state index contributed by atoms with van der Waals surface area (Å²) in [5.41, 5.74) is 1.28. The van der Waals surface area contributed by atoms with E-state index in [0.29, 0.717) is 0 Å². The number of halogens is 1. The maximum absolute atomic E-state index is 13.3. The molecular formula is C15H17FO. The number of benzene rings is 2. The molecule has 0 saturated heterocycles. The molecule has 2 heteroatoms. The van der Waals surface area contributed by atoms with E-state index < -0.39 is 5.82 Å². The average Bonchev–Trinajstić information content (AvgIpc) is 2.30. The van der Waals surface area contributed by atoms with Crippen LogP contribution in [0.4, 0.5) is 4.39 Å². The summed E-state index contributed by atoms with van der Waals surface area (Å²) < 4.78 is 13.3. The highest BCUT2D eigenvalue weighted by Crippen LogP contribution is 2.31. The van der Waals surface area contributed by atoms with E-state index in [1.807, 2.05) is 18.2 Å². The topological polar surface area (TPSA) is 20.2 Å². The van der Waals surface area contributed by atoms with E-state index in [0.717, 1.165) is 17.2 Å². The molecular weight excluding hydrogens is 215 g/mol. The number of phenolic OH excluding ortho intramolecular Hbond substituents is 1. The number of fused-ring (bicyclic) bond motifs is 1. The van der Waals surface area contributed by atoms with Gasteiger partial charge in [-0.1, -0.05) is 39.0 Å². The molecule has 0 aliphatic carbocycles. The summed E-state index contributed by atoms with van der Waals surface area (Å²) in [5.74, 6) is -0.857. The predicted molar refractivity (Wildman–Crippen MR) is 68.9 cm³/mol. The third-order valence-corrected chi connectivity index (χ3v) is 3.57. The second-order valence-corrected chi connectivity index (χ2v) is 5.10. The molecule has 0 aliphatic heterocycles. The van der Waals surface area contributed by atoms with Crippen LogP contribution in [0.15, 0.2) is 30.3 Å². The second kappa shape index (κ2) is 4.02. The van der Waals surface area contributed by atoms with Crippen molar-refractivity contribution in [3.05, 3.63) is 41.7 Å². The lowest BCUT2D eigenvalue weighted by molar-refractivity contribution is 0.433. The molecule has 0 amide bonds. The number of hydrogen-bond acceptors (Lipinski definition) is 1. The van der Waals surface area contributed by atoms with Crippen LogP contribution in [0.25, 0.3) is 10.8 Å². The maximum Gasteiger partial charge on any atom is 0.165 e. The molecule has 0 radical (unpaired) electrons. The quantitative estimate of drug-likeness (QED) is 0.815. The highest BCUT2D eigenvalue weighted by atomic mass is 19.1. The third kappa shape index (κ3) is 2.12. The van der Waals surface area contributed by atoms with Crippen LogP contribution in [0, 0.1) is 5.82 Å². The summed E-state index contributed by atoms with van der Waals surface area (Å²) in [6, 6.07) is 8.83. The molecule has 2 aromatic rings. The van der Waals surface area contributed by atoms with Gasteiger partial charge in [0.15, 0.2) is 11.6 Å². The Hall–Kier alpha value is -1.57. The molecule has 2 aromatic carbocycles. The molecule has 0 atom stereocenters. The van der Waals surface area contributed by atoms with Crippen molar-refractivity contribution in [1.29, 1.82) is 0 Å². The van der Waals surface area contributed by atoms with Crippen molar-refractivity contribution in [2.45, 2.75) is 32.6 Å². The first kappa shape index (κ1) is 11.9. The summed E-state index contributed by atoms with van der Waals surface area (Å²) in [4.78, 5) is 0. The number of phenols is 1. The summed E-state index contributed by atoms with van der Waals surface area (Å²) >= 11 is 0. The van der Waals surface area contributed by atoms with Crippen LogP contribution in [0.3, 0.4) is 0 Å². The van der Waals surface area contributed by atoms with Crippen molar-refractivity contribution in [3.8, 4) is 5.75 Å². The van der Waals surface area contributed by atoms with Crippen LogP contribution in [0.2, 0.25) is 0 Å². The van der Waals surface area contributed by atoms with Crippen molar-refractivity contribution in [3.63, 3.8) is 0 Å². The predicted octanol–water partition coefficient (Wildman–Crippen LogP) is 4.37. The lowest BCUT2D eigenvalue weighted by atomic mass is 9.81. The standard InChI is InChI=1S/C15H17FO/c1-4-15(2,3)12-6-5-10-9-14(17)13(16)8-11(10)7-12/h5-9,17H,4H2,1-3H3. The fraction of sp³-hybridized carbons (Fsp3) is 0.333. The molecule has 0 spiro atoms. The van der Waals surface area contributed by atoms with Gasteiger partial charge in [-0.3, -0.25) is 0 Å². The van der Waals surface area contributed by atoms with Crippen LogP contribution in [-0.4, -0.2) is 5.11 Å². The van der Waals surface area contributed by atoms with Gasteiger partial charge in [-0.15, -0.1) is 0 Å². The van der Waals surface area contributed by atoms with Gasteiger partial charge < -0.3 is 5.11 Å². The van der Waals surface area contributed by atoms with Gasteiger partial charge in [0, 0.05) is 0 Å². The van der Waals surface area contributed by atoms with E-state index in [2.05, 4.69) is 20.8 Å². The van der Waals surface area contributed by atoms with Gasteiger partial charge in [-0.05, 0) is 40.3 Å². The van der Waals surface area contributed by atoms with Crippen molar-refractivity contribution in [2.75, 3.05) is 0 Å². The van der Waals surface area contributed by atoms with Crippen molar-refractivity contribution >= 4 is 10.8 Å². The van der Waals surface area contributed by atoms with Crippen LogP contribution in [-0.2, 0) is 5.41 Å². The van der Waals surface area contributed by atoms with E-state index in [1.165, 1.54) is 17.7 Å². The normalized spacial score (nSPS) is 12.0. The molecule has 17 heavy (non-hydrogen) atoms. The molecule has 1 N–H and O–H groups in total. The highest BCUT2D eigenvalue weighted by Gasteiger charge is 2.18. The number of rotatable bonds is 2. The Morgan fingerprint density at radius 3 is 2.47 bits per heavy atom. The van der Waals surface area contributed by atoms with Crippen LogP contribution >= 0.6 is 0 Å². The van der Waals surface area contributed by atoms with Gasteiger partial charge in [0.25, 0.3) is 0 Å². The zero-order valence-corrected chi connectivity index (χ0v) is 10.4. The summed E-state index contributed by atoms with van der Waals surface area (Å²) in [5, 5.41) is 11.0. The summed E-state index contributed by atoms with van der Waals surface area (Å²) in [7, 11) is 0. The number of hydrogen-bond donors (Lipinski definition) is 1. The van der Waals surface area contributed by atoms with Gasteiger partial charge in [-0.25, -0.2) is 4.39 Å². The van der Waals surface area contributed by atoms with E-state index in [4.69, 9.17) is 0 Å². The zero-order valence-electron chi connectivity index (χ0n) is 10.4. The smallest absolute Gasteiger partial charge is 0.165 e. The van der Waals surface area contributed by atoms with E-state index >= 15 is 0 Å². The molecule has 0 heterocycles. The van der Waals surface area contributed by atoms with Gasteiger partial charge >= 0.3 is 0 Å². The molecule has 1 nitrogen and oxygen atoms in total. The Labute approximate surface area is 101 Å². The highest BCUT2D eigenvalue weighted by molar-refractivity contribution is 5.84. The molecule has 90 valence electrons. The fourth-order valence-corrected chi connectivity index (χ4v) is 1.88. The van der Waals surface area contributed by atoms with E-state index in [1.54, 1.807) is 0 Å². The Morgan fingerprint density at radius 1 is 1.12 bits per heavy atom. The maximum atomic E-state index is 13.3. The van der Waals surface area contributed by atoms with Gasteiger partial charge in [0.1, 0.15) is 0 Å². The van der Waals surface area contributed by atoms with E-state index in [-0.39, 0.29) is 11.2 Å². The number of aromatic hydroxyl groups is 1. The lowest BCUT2D eigenvalue weighted by Crippen LogP contribution is -2.15. The lowest BCUT2D eigenvalue weighted by Gasteiger charge is -2.23. The first-order chi connectivity index (χ1) is 7.94. The molecule has 0 unspecified atom stereocenters. The second-order valence-electron chi connectivity index (χ2n) is 5.10. The molecule has 0 aromatic heterocycles. The first-order valence-electron chi connectivity index (χ1n) is 5.87. The van der Waals surface area contributed by atoms with Crippen molar-refractivity contribution in [2.24, 2.45) is 0 Å². The summed E-state index contributed by atoms with van der Waals surface area (Å²) in [6.45, 7) is 6.48. The minimum Gasteiger partial charge on any atom is -0.505 e. The molecule has 2 rings (SSSR count). The Kier molecular flexibility index (Phi) is 2.82. The largest absolute Gasteiger partial charge is 0.505 e. The monoisotopic (exact) mass is 232 g/mol. The minimum absolute atomic E-state index is 0.0859. The van der Waals surface area contributed by atoms with Crippen molar-refractivity contribution in [1.82, 2.24) is 0 Å². The summed E-state index contributed by atoms with van der Waals surface area (Å²) in [6.07, 6.45) is 1.03. The van der Waals surface area contributed by atoms with E-state index in [9.17, 15) is 9.50 Å². The van der Waals surface area contributed by atoms with Crippen LogP contribution in [0.1, 0.15) is 32.8 Å². The first-order valence-corrected chi connectivity index (χ1v) is 5.87. The molecule has 0 fully saturated rings.